The number of nitrogens with zero attached hydrogens (tertiary/aromatic N) is 2. The third-order valence-electron chi connectivity index (χ3n) is 4.39. The predicted octanol–water partition coefficient (Wildman–Crippen LogP) is 1.90. The van der Waals surface area contributed by atoms with Crippen LogP contribution in [-0.2, 0) is 11.3 Å². The number of benzene rings is 2. The van der Waals surface area contributed by atoms with Crippen LogP contribution in [0, 0.1) is 5.82 Å². The van der Waals surface area contributed by atoms with E-state index in [1.54, 1.807) is 41.3 Å². The molecule has 2 amide bonds. The minimum Gasteiger partial charge on any atom is -0.339 e. The van der Waals surface area contributed by atoms with Crippen molar-refractivity contribution in [2.75, 3.05) is 32.7 Å². The monoisotopic (exact) mass is 355 g/mol. The first-order valence-corrected chi connectivity index (χ1v) is 8.71. The van der Waals surface area contributed by atoms with Gasteiger partial charge >= 0.3 is 0 Å². The van der Waals surface area contributed by atoms with Crippen molar-refractivity contribution >= 4 is 11.8 Å². The number of hydrogen-bond acceptors (Lipinski definition) is 3. The molecule has 0 radical (unpaired) electrons. The first-order chi connectivity index (χ1) is 12.6. The molecule has 0 spiro atoms. The average molecular weight is 355 g/mol. The van der Waals surface area contributed by atoms with Crippen molar-refractivity contribution in [3.05, 3.63) is 71.5 Å². The maximum Gasteiger partial charge on any atom is 0.254 e. The second-order valence-corrected chi connectivity index (χ2v) is 6.28. The molecule has 0 aliphatic carbocycles. The van der Waals surface area contributed by atoms with Crippen LogP contribution in [0.1, 0.15) is 15.9 Å². The average Bonchev–Trinajstić information content (AvgIpc) is 2.70. The van der Waals surface area contributed by atoms with Gasteiger partial charge in [-0.2, -0.15) is 0 Å². The van der Waals surface area contributed by atoms with E-state index in [2.05, 4.69) is 5.32 Å². The lowest BCUT2D eigenvalue weighted by atomic mass is 10.1. The zero-order valence-electron chi connectivity index (χ0n) is 14.5. The number of hydrogen-bond donors (Lipinski definition) is 1. The molecule has 5 nitrogen and oxygen atoms in total. The molecule has 6 heteroatoms. The summed E-state index contributed by atoms with van der Waals surface area (Å²) in [5.41, 5.74) is 1.31. The van der Waals surface area contributed by atoms with Gasteiger partial charge in [0.2, 0.25) is 5.91 Å². The third-order valence-corrected chi connectivity index (χ3v) is 4.39. The zero-order chi connectivity index (χ0) is 18.4. The van der Waals surface area contributed by atoms with Gasteiger partial charge in [0.1, 0.15) is 12.4 Å². The Morgan fingerprint density at radius 1 is 1.00 bits per heavy atom. The van der Waals surface area contributed by atoms with Gasteiger partial charge < -0.3 is 15.1 Å². The van der Waals surface area contributed by atoms with E-state index in [4.69, 9.17) is 0 Å². The lowest BCUT2D eigenvalue weighted by Gasteiger charge is -2.30. The topological polar surface area (TPSA) is 52.7 Å². The Morgan fingerprint density at radius 3 is 2.31 bits per heavy atom. The number of carbonyl (C=O) groups excluding carboxylic acids is 2. The van der Waals surface area contributed by atoms with E-state index < -0.39 is 0 Å². The SMILES string of the molecule is O=C(CN(Cc1ccc(F)cc1)C(=O)c1ccccc1)N1CCNCC1. The van der Waals surface area contributed by atoms with Crippen molar-refractivity contribution in [1.82, 2.24) is 15.1 Å². The van der Waals surface area contributed by atoms with E-state index in [0.29, 0.717) is 18.7 Å². The van der Waals surface area contributed by atoms with Crippen LogP contribution in [0.5, 0.6) is 0 Å². The largest absolute Gasteiger partial charge is 0.339 e. The second kappa shape index (κ2) is 8.58. The normalized spacial score (nSPS) is 14.1. The summed E-state index contributed by atoms with van der Waals surface area (Å²) in [5, 5.41) is 3.21. The fourth-order valence-corrected chi connectivity index (χ4v) is 2.95. The maximum absolute atomic E-state index is 13.2. The molecule has 0 saturated carbocycles. The van der Waals surface area contributed by atoms with E-state index in [1.807, 2.05) is 6.07 Å². The van der Waals surface area contributed by atoms with Crippen molar-refractivity contribution in [1.29, 1.82) is 0 Å². The number of nitrogens with one attached hydrogen (secondary N) is 1. The Hall–Kier alpha value is -2.73. The van der Waals surface area contributed by atoms with Gasteiger partial charge in [-0.1, -0.05) is 30.3 Å². The van der Waals surface area contributed by atoms with E-state index in [-0.39, 0.29) is 30.7 Å². The summed E-state index contributed by atoms with van der Waals surface area (Å²) in [4.78, 5) is 28.8. The number of halogens is 1. The quantitative estimate of drug-likeness (QED) is 0.891. The number of rotatable bonds is 5. The van der Waals surface area contributed by atoms with Gasteiger partial charge in [0.05, 0.1) is 0 Å². The van der Waals surface area contributed by atoms with Gasteiger partial charge in [-0.15, -0.1) is 0 Å². The molecule has 1 fully saturated rings. The van der Waals surface area contributed by atoms with Crippen LogP contribution in [0.15, 0.2) is 54.6 Å². The number of amides is 2. The molecule has 1 heterocycles. The van der Waals surface area contributed by atoms with Gasteiger partial charge in [-0.25, -0.2) is 4.39 Å². The first kappa shape index (κ1) is 18.1. The minimum absolute atomic E-state index is 0.00506. The Balaban J connectivity index is 1.77. The molecule has 2 aromatic rings. The molecule has 2 aromatic carbocycles. The smallest absolute Gasteiger partial charge is 0.254 e. The van der Waals surface area contributed by atoms with Crippen LogP contribution in [0.2, 0.25) is 0 Å². The van der Waals surface area contributed by atoms with Crippen LogP contribution < -0.4 is 5.32 Å². The number of piperazine rings is 1. The van der Waals surface area contributed by atoms with Crippen LogP contribution in [-0.4, -0.2) is 54.3 Å². The highest BCUT2D eigenvalue weighted by atomic mass is 19.1. The maximum atomic E-state index is 13.2. The fourth-order valence-electron chi connectivity index (χ4n) is 2.95. The molecule has 1 aliphatic rings. The summed E-state index contributed by atoms with van der Waals surface area (Å²) in [6.45, 7) is 3.06. The van der Waals surface area contributed by atoms with Gasteiger partial charge in [0.15, 0.2) is 0 Å². The predicted molar refractivity (Wildman–Crippen MR) is 97.0 cm³/mol. The molecular formula is C20H22FN3O2. The van der Waals surface area contributed by atoms with Crippen LogP contribution in [0.25, 0.3) is 0 Å². The first-order valence-electron chi connectivity index (χ1n) is 8.71. The van der Waals surface area contributed by atoms with Crippen molar-refractivity contribution < 1.29 is 14.0 Å². The van der Waals surface area contributed by atoms with Gasteiger partial charge in [-0.3, -0.25) is 9.59 Å². The highest BCUT2D eigenvalue weighted by Gasteiger charge is 2.23. The highest BCUT2D eigenvalue weighted by molar-refractivity contribution is 5.96. The van der Waals surface area contributed by atoms with Gasteiger partial charge in [0, 0.05) is 38.3 Å². The zero-order valence-corrected chi connectivity index (χ0v) is 14.5. The lowest BCUT2D eigenvalue weighted by molar-refractivity contribution is -0.132. The Morgan fingerprint density at radius 2 is 1.65 bits per heavy atom. The summed E-state index contributed by atoms with van der Waals surface area (Å²) in [6, 6.07) is 14.9. The van der Waals surface area contributed by atoms with Gasteiger partial charge in [-0.05, 0) is 29.8 Å². The fraction of sp³-hybridized carbons (Fsp3) is 0.300. The molecule has 0 bridgehead atoms. The van der Waals surface area contributed by atoms with E-state index in [0.717, 1.165) is 18.7 Å². The Labute approximate surface area is 152 Å². The molecule has 0 atom stereocenters. The molecule has 0 aromatic heterocycles. The van der Waals surface area contributed by atoms with Crippen molar-refractivity contribution in [2.45, 2.75) is 6.54 Å². The second-order valence-electron chi connectivity index (χ2n) is 6.28. The van der Waals surface area contributed by atoms with Crippen molar-refractivity contribution in [2.24, 2.45) is 0 Å². The van der Waals surface area contributed by atoms with Crippen LogP contribution in [0.3, 0.4) is 0 Å². The van der Waals surface area contributed by atoms with E-state index in [1.165, 1.54) is 17.0 Å². The molecule has 3 rings (SSSR count). The number of carbonyl (C=O) groups is 2. The molecule has 26 heavy (non-hydrogen) atoms. The summed E-state index contributed by atoms with van der Waals surface area (Å²) in [7, 11) is 0. The Kier molecular flexibility index (Phi) is 5.96. The summed E-state index contributed by atoms with van der Waals surface area (Å²) >= 11 is 0. The van der Waals surface area contributed by atoms with Crippen molar-refractivity contribution in [3.63, 3.8) is 0 Å². The summed E-state index contributed by atoms with van der Waals surface area (Å²) in [5.74, 6) is -0.608. The highest BCUT2D eigenvalue weighted by Crippen LogP contribution is 2.12. The molecule has 0 unspecified atom stereocenters. The minimum atomic E-state index is -0.327. The summed E-state index contributed by atoms with van der Waals surface area (Å²) in [6.07, 6.45) is 0. The molecule has 136 valence electrons. The molecule has 1 saturated heterocycles. The van der Waals surface area contributed by atoms with E-state index >= 15 is 0 Å². The molecular weight excluding hydrogens is 333 g/mol. The Bertz CT molecular complexity index is 743. The van der Waals surface area contributed by atoms with Crippen LogP contribution in [0.4, 0.5) is 4.39 Å². The summed E-state index contributed by atoms with van der Waals surface area (Å²) < 4.78 is 13.2. The third kappa shape index (κ3) is 4.67. The van der Waals surface area contributed by atoms with Gasteiger partial charge in [0.25, 0.3) is 5.91 Å². The van der Waals surface area contributed by atoms with E-state index in [9.17, 15) is 14.0 Å². The lowest BCUT2D eigenvalue weighted by Crippen LogP contribution is -2.50. The van der Waals surface area contributed by atoms with Crippen molar-refractivity contribution in [3.8, 4) is 0 Å². The molecule has 1 N–H and O–H groups in total. The van der Waals surface area contributed by atoms with Crippen LogP contribution >= 0.6 is 0 Å². The molecule has 1 aliphatic heterocycles. The standard InChI is InChI=1S/C20H22FN3O2/c21-18-8-6-16(7-9-18)14-24(20(26)17-4-2-1-3-5-17)15-19(25)23-12-10-22-11-13-23/h1-9,22H,10-15H2.